The highest BCUT2D eigenvalue weighted by Gasteiger charge is 2.22. The van der Waals surface area contributed by atoms with Crippen molar-refractivity contribution in [2.45, 2.75) is 58.0 Å². The maximum Gasteiger partial charge on any atom is 0.258 e. The molecule has 1 aliphatic heterocycles. The average Bonchev–Trinajstić information content (AvgIpc) is 3.01. The number of rotatable bonds is 5. The maximum atomic E-state index is 12.1. The highest BCUT2D eigenvalue weighted by Crippen LogP contribution is 2.25. The molecule has 1 aromatic carbocycles. The molecule has 0 radical (unpaired) electrons. The fourth-order valence-corrected chi connectivity index (χ4v) is 3.62. The molecule has 0 aromatic heterocycles. The first-order valence-electron chi connectivity index (χ1n) is 8.90. The van der Waals surface area contributed by atoms with Crippen LogP contribution in [0, 0.1) is 0 Å². The summed E-state index contributed by atoms with van der Waals surface area (Å²) in [7, 11) is 0. The number of ether oxygens (including phenoxy) is 1. The van der Waals surface area contributed by atoms with Gasteiger partial charge in [0.15, 0.2) is 6.61 Å². The van der Waals surface area contributed by atoms with Crippen LogP contribution < -0.4 is 10.1 Å². The third-order valence-corrected chi connectivity index (χ3v) is 5.06. The molecule has 0 unspecified atom stereocenters. The van der Waals surface area contributed by atoms with Crippen molar-refractivity contribution in [1.29, 1.82) is 0 Å². The van der Waals surface area contributed by atoms with Crippen molar-refractivity contribution in [3.05, 3.63) is 29.3 Å². The number of fused-ring (bicyclic) bond motifs is 1. The van der Waals surface area contributed by atoms with Crippen LogP contribution in [-0.4, -0.2) is 42.6 Å². The third-order valence-electron chi connectivity index (χ3n) is 5.06. The van der Waals surface area contributed by atoms with Crippen molar-refractivity contribution in [2.24, 2.45) is 0 Å². The van der Waals surface area contributed by atoms with Crippen LogP contribution in [-0.2, 0) is 17.6 Å². The molecule has 2 aliphatic rings. The van der Waals surface area contributed by atoms with Crippen molar-refractivity contribution in [3.63, 3.8) is 0 Å². The number of likely N-dealkylation sites (tertiary alicyclic amines) is 1. The second-order valence-electron chi connectivity index (χ2n) is 7.04. The lowest BCUT2D eigenvalue weighted by Crippen LogP contribution is -2.47. The molecular formula is C19H28N2O2. The summed E-state index contributed by atoms with van der Waals surface area (Å²) < 4.78 is 5.67. The zero-order valence-electron chi connectivity index (χ0n) is 14.3. The summed E-state index contributed by atoms with van der Waals surface area (Å²) in [4.78, 5) is 14.5. The second kappa shape index (κ2) is 7.35. The van der Waals surface area contributed by atoms with E-state index in [0.29, 0.717) is 12.1 Å². The van der Waals surface area contributed by atoms with Gasteiger partial charge >= 0.3 is 0 Å². The van der Waals surface area contributed by atoms with Crippen LogP contribution in [0.5, 0.6) is 5.75 Å². The molecule has 1 aromatic rings. The largest absolute Gasteiger partial charge is 0.484 e. The summed E-state index contributed by atoms with van der Waals surface area (Å²) in [6.45, 7) is 6.69. The number of amides is 1. The molecule has 4 nitrogen and oxygen atoms in total. The molecule has 1 aliphatic carbocycles. The Balaban J connectivity index is 1.42. The van der Waals surface area contributed by atoms with Crippen LogP contribution in [0.3, 0.4) is 0 Å². The van der Waals surface area contributed by atoms with E-state index >= 15 is 0 Å². The molecule has 23 heavy (non-hydrogen) atoms. The van der Waals surface area contributed by atoms with E-state index in [-0.39, 0.29) is 12.5 Å². The molecule has 1 amide bonds. The minimum Gasteiger partial charge on any atom is -0.484 e. The molecule has 1 fully saturated rings. The van der Waals surface area contributed by atoms with E-state index in [1.165, 1.54) is 24.0 Å². The SMILES string of the molecule is CC(C)N1CCC(NC(=O)COc2ccc3c(c2)CCC3)CC1. The smallest absolute Gasteiger partial charge is 0.258 e. The number of hydrogen-bond donors (Lipinski definition) is 1. The minimum atomic E-state index is -0.00602. The Morgan fingerprint density at radius 1 is 1.26 bits per heavy atom. The highest BCUT2D eigenvalue weighted by molar-refractivity contribution is 5.77. The van der Waals surface area contributed by atoms with Crippen LogP contribution in [0.1, 0.15) is 44.2 Å². The molecule has 0 spiro atoms. The number of carbonyl (C=O) groups is 1. The van der Waals surface area contributed by atoms with Crippen molar-refractivity contribution < 1.29 is 9.53 Å². The van der Waals surface area contributed by atoms with E-state index in [1.54, 1.807) is 0 Å². The first-order chi connectivity index (χ1) is 11.1. The fourth-order valence-electron chi connectivity index (χ4n) is 3.62. The van der Waals surface area contributed by atoms with Gasteiger partial charge in [0.25, 0.3) is 5.91 Å². The molecular weight excluding hydrogens is 288 g/mol. The van der Waals surface area contributed by atoms with E-state index in [1.807, 2.05) is 6.07 Å². The van der Waals surface area contributed by atoms with E-state index in [2.05, 4.69) is 36.2 Å². The van der Waals surface area contributed by atoms with Gasteiger partial charge in [0, 0.05) is 25.2 Å². The predicted molar refractivity (Wildman–Crippen MR) is 91.8 cm³/mol. The van der Waals surface area contributed by atoms with Crippen LogP contribution in [0.2, 0.25) is 0 Å². The topological polar surface area (TPSA) is 41.6 Å². The molecule has 0 bridgehead atoms. The van der Waals surface area contributed by atoms with Gasteiger partial charge in [0.2, 0.25) is 0 Å². The van der Waals surface area contributed by atoms with Crippen LogP contribution in [0.25, 0.3) is 0 Å². The van der Waals surface area contributed by atoms with Gasteiger partial charge in [-0.15, -0.1) is 0 Å². The first-order valence-corrected chi connectivity index (χ1v) is 8.90. The summed E-state index contributed by atoms with van der Waals surface area (Å²) >= 11 is 0. The van der Waals surface area contributed by atoms with Crippen molar-refractivity contribution in [2.75, 3.05) is 19.7 Å². The van der Waals surface area contributed by atoms with Gasteiger partial charge in [-0.05, 0) is 69.2 Å². The second-order valence-corrected chi connectivity index (χ2v) is 7.04. The molecule has 4 heteroatoms. The first kappa shape index (κ1) is 16.3. The zero-order chi connectivity index (χ0) is 16.2. The van der Waals surface area contributed by atoms with Gasteiger partial charge in [-0.2, -0.15) is 0 Å². The van der Waals surface area contributed by atoms with Gasteiger partial charge < -0.3 is 15.0 Å². The van der Waals surface area contributed by atoms with Crippen molar-refractivity contribution in [3.8, 4) is 5.75 Å². The maximum absolute atomic E-state index is 12.1. The van der Waals surface area contributed by atoms with Crippen molar-refractivity contribution in [1.82, 2.24) is 10.2 Å². The van der Waals surface area contributed by atoms with Gasteiger partial charge in [0.05, 0.1) is 0 Å². The fraction of sp³-hybridized carbons (Fsp3) is 0.632. The lowest BCUT2D eigenvalue weighted by Gasteiger charge is -2.34. The Hall–Kier alpha value is -1.55. The van der Waals surface area contributed by atoms with Gasteiger partial charge in [-0.1, -0.05) is 6.07 Å². The summed E-state index contributed by atoms with van der Waals surface area (Å²) in [6.07, 6.45) is 5.60. The highest BCUT2D eigenvalue weighted by atomic mass is 16.5. The molecule has 1 saturated heterocycles. The number of aryl methyl sites for hydroxylation is 2. The summed E-state index contributed by atoms with van der Waals surface area (Å²) in [5, 5.41) is 3.11. The van der Waals surface area contributed by atoms with Crippen LogP contribution in [0.15, 0.2) is 18.2 Å². The molecule has 126 valence electrons. The Labute approximate surface area is 139 Å². The average molecular weight is 316 g/mol. The van der Waals surface area contributed by atoms with Crippen LogP contribution in [0.4, 0.5) is 0 Å². The van der Waals surface area contributed by atoms with Crippen molar-refractivity contribution >= 4 is 5.91 Å². The lowest BCUT2D eigenvalue weighted by molar-refractivity contribution is -0.124. The summed E-state index contributed by atoms with van der Waals surface area (Å²) in [6, 6.07) is 7.10. The number of benzene rings is 1. The standard InChI is InChI=1S/C19H28N2O2/c1-14(2)21-10-8-17(9-11-21)20-19(22)13-23-18-7-6-15-4-3-5-16(15)12-18/h6-7,12,14,17H,3-5,8-11,13H2,1-2H3,(H,20,22). The van der Waals surface area contributed by atoms with E-state index in [0.717, 1.165) is 38.1 Å². The third kappa shape index (κ3) is 4.25. The normalized spacial score (nSPS) is 18.9. The Bertz CT molecular complexity index is 548. The number of nitrogens with zero attached hydrogens (tertiary/aromatic N) is 1. The quantitative estimate of drug-likeness (QED) is 0.908. The summed E-state index contributed by atoms with van der Waals surface area (Å²) in [5.74, 6) is 0.809. The van der Waals surface area contributed by atoms with Crippen LogP contribution >= 0.6 is 0 Å². The lowest BCUT2D eigenvalue weighted by atomic mass is 10.0. The molecule has 3 rings (SSSR count). The number of nitrogens with one attached hydrogen (secondary N) is 1. The van der Waals surface area contributed by atoms with E-state index < -0.39 is 0 Å². The number of piperidine rings is 1. The molecule has 1 heterocycles. The van der Waals surface area contributed by atoms with Gasteiger partial charge in [-0.3, -0.25) is 4.79 Å². The monoisotopic (exact) mass is 316 g/mol. The minimum absolute atomic E-state index is 0.00602. The number of hydrogen-bond acceptors (Lipinski definition) is 3. The Morgan fingerprint density at radius 3 is 2.74 bits per heavy atom. The summed E-state index contributed by atoms with van der Waals surface area (Å²) in [5.41, 5.74) is 2.81. The molecule has 1 N–H and O–H groups in total. The zero-order valence-corrected chi connectivity index (χ0v) is 14.3. The molecule has 0 saturated carbocycles. The number of carbonyl (C=O) groups excluding carboxylic acids is 1. The Morgan fingerprint density at radius 2 is 2.00 bits per heavy atom. The van der Waals surface area contributed by atoms with Gasteiger partial charge in [-0.25, -0.2) is 0 Å². The Kier molecular flexibility index (Phi) is 5.21. The van der Waals surface area contributed by atoms with Gasteiger partial charge in [0.1, 0.15) is 5.75 Å². The van der Waals surface area contributed by atoms with E-state index in [4.69, 9.17) is 4.74 Å². The van der Waals surface area contributed by atoms with E-state index in [9.17, 15) is 4.79 Å². The predicted octanol–water partition coefficient (Wildman–Crippen LogP) is 2.54. The molecule has 0 atom stereocenters.